The molecule has 11 heteroatoms. The van der Waals surface area contributed by atoms with Gasteiger partial charge in [0.15, 0.2) is 0 Å². The van der Waals surface area contributed by atoms with Crippen LogP contribution in [-0.4, -0.2) is 125 Å². The number of thioether (sulfide) groups is 1. The molecule has 1 N–H and O–H groups in total. The first kappa shape index (κ1) is 37.1. The number of ether oxygens (including phenoxy) is 2. The monoisotopic (exact) mass is 716 g/mol. The standard InChI is InChI=1S/C40H52N4O6S/c1-5-17-42(20-19-41-21-23-49-24-22-41)39(48)36-40-28(4)25-33(51-40)34(37(46)43(18-6-2)30-13-15-32(16-14-30)50-7-3)35(40)38(47)44(36)31(27-45)26-29-11-9-8-10-12-29/h5-6,8-16,28,31,33-36,45H,1-2,7,17-27H2,3-4H3/t28?,31-,33-,34+,35+,36?,40?/m1/s1. The lowest BCUT2D eigenvalue weighted by Gasteiger charge is -2.42. The minimum absolute atomic E-state index is 0.0105. The van der Waals surface area contributed by atoms with Gasteiger partial charge in [0.2, 0.25) is 17.7 Å². The first-order valence-electron chi connectivity index (χ1n) is 18.3. The summed E-state index contributed by atoms with van der Waals surface area (Å²) in [6.45, 7) is 16.9. The second-order valence-electron chi connectivity index (χ2n) is 14.0. The average Bonchev–Trinajstić information content (AvgIpc) is 3.75. The van der Waals surface area contributed by atoms with Crippen molar-refractivity contribution in [2.75, 3.05) is 70.6 Å². The van der Waals surface area contributed by atoms with E-state index in [0.717, 1.165) is 18.7 Å². The summed E-state index contributed by atoms with van der Waals surface area (Å²) in [6.07, 6.45) is 4.54. The zero-order valence-electron chi connectivity index (χ0n) is 29.9. The van der Waals surface area contributed by atoms with Gasteiger partial charge in [-0.2, -0.15) is 0 Å². The molecular weight excluding hydrogens is 665 g/mol. The summed E-state index contributed by atoms with van der Waals surface area (Å²) in [7, 11) is 0. The van der Waals surface area contributed by atoms with Gasteiger partial charge in [-0.1, -0.05) is 49.4 Å². The highest BCUT2D eigenvalue weighted by atomic mass is 32.2. The van der Waals surface area contributed by atoms with E-state index in [1.165, 1.54) is 0 Å². The lowest BCUT2D eigenvalue weighted by molar-refractivity contribution is -0.145. The summed E-state index contributed by atoms with van der Waals surface area (Å²) in [6, 6.07) is 15.7. The van der Waals surface area contributed by atoms with E-state index in [1.807, 2.05) is 66.4 Å². The van der Waals surface area contributed by atoms with Crippen LogP contribution >= 0.6 is 11.8 Å². The SMILES string of the molecule is C=CCN(CCN1CCOCC1)C(=O)C1N([C@@H](CO)Cc2ccccc2)C(=O)[C@@H]2[C@@H](C(=O)N(CC=C)c3ccc(OCC)cc3)[C@H]3CC(C)C12S3. The average molecular weight is 717 g/mol. The smallest absolute Gasteiger partial charge is 0.247 e. The Morgan fingerprint density at radius 3 is 2.43 bits per heavy atom. The number of carbonyl (C=O) groups excluding carboxylic acids is 3. The summed E-state index contributed by atoms with van der Waals surface area (Å²) in [5, 5.41) is 10.8. The van der Waals surface area contributed by atoms with Crippen LogP contribution in [0.3, 0.4) is 0 Å². The summed E-state index contributed by atoms with van der Waals surface area (Å²) in [4.78, 5) is 52.6. The number of aliphatic hydroxyl groups excluding tert-OH is 1. The molecule has 2 aromatic rings. The summed E-state index contributed by atoms with van der Waals surface area (Å²) in [5.41, 5.74) is 1.66. The van der Waals surface area contributed by atoms with Crippen LogP contribution < -0.4 is 9.64 Å². The molecule has 274 valence electrons. The number of hydrogen-bond acceptors (Lipinski definition) is 8. The van der Waals surface area contributed by atoms with Crippen LogP contribution in [0, 0.1) is 17.8 Å². The van der Waals surface area contributed by atoms with E-state index in [9.17, 15) is 9.90 Å². The molecular formula is C40H52N4O6S. The van der Waals surface area contributed by atoms with E-state index >= 15 is 9.59 Å². The summed E-state index contributed by atoms with van der Waals surface area (Å²) >= 11 is 1.66. The number of morpholine rings is 1. The van der Waals surface area contributed by atoms with Crippen molar-refractivity contribution in [2.45, 2.75) is 48.8 Å². The number of fused-ring (bicyclic) bond motifs is 1. The van der Waals surface area contributed by atoms with Crippen molar-refractivity contribution in [3.63, 3.8) is 0 Å². The molecule has 1 spiro atoms. The number of carbonyl (C=O) groups is 3. The Morgan fingerprint density at radius 2 is 1.78 bits per heavy atom. The van der Waals surface area contributed by atoms with Crippen molar-refractivity contribution in [1.82, 2.24) is 14.7 Å². The Morgan fingerprint density at radius 1 is 1.08 bits per heavy atom. The maximum atomic E-state index is 15.2. The van der Waals surface area contributed by atoms with Crippen molar-refractivity contribution < 1.29 is 29.0 Å². The molecule has 3 amide bonds. The van der Waals surface area contributed by atoms with Crippen LogP contribution in [0.1, 0.15) is 25.8 Å². The van der Waals surface area contributed by atoms with Crippen LogP contribution in [0.4, 0.5) is 5.69 Å². The van der Waals surface area contributed by atoms with Crippen LogP contribution in [0.2, 0.25) is 0 Å². The molecule has 4 aliphatic rings. The first-order valence-corrected chi connectivity index (χ1v) is 19.2. The highest BCUT2D eigenvalue weighted by Gasteiger charge is 2.77. The highest BCUT2D eigenvalue weighted by molar-refractivity contribution is 8.02. The van der Waals surface area contributed by atoms with E-state index in [2.05, 4.69) is 25.0 Å². The third-order valence-electron chi connectivity index (χ3n) is 11.1. The third-order valence-corrected chi connectivity index (χ3v) is 13.2. The summed E-state index contributed by atoms with van der Waals surface area (Å²) < 4.78 is 10.4. The van der Waals surface area contributed by atoms with Gasteiger partial charge in [-0.05, 0) is 55.5 Å². The number of nitrogens with zero attached hydrogens (tertiary/aromatic N) is 4. The molecule has 7 atom stereocenters. The molecule has 0 radical (unpaired) electrons. The van der Waals surface area contributed by atoms with Crippen LogP contribution in [0.5, 0.6) is 5.75 Å². The fraction of sp³-hybridized carbons (Fsp3) is 0.525. The number of hydrogen-bond donors (Lipinski definition) is 1. The summed E-state index contributed by atoms with van der Waals surface area (Å²) in [5.74, 6) is -1.16. The lowest BCUT2D eigenvalue weighted by Crippen LogP contribution is -2.60. The second kappa shape index (κ2) is 16.4. The topological polar surface area (TPSA) is 103 Å². The van der Waals surface area contributed by atoms with Gasteiger partial charge >= 0.3 is 0 Å². The quantitative estimate of drug-likeness (QED) is 0.261. The molecule has 2 aromatic carbocycles. The molecule has 4 heterocycles. The molecule has 6 rings (SSSR count). The van der Waals surface area contributed by atoms with Gasteiger partial charge in [0, 0.05) is 50.2 Å². The lowest BCUT2D eigenvalue weighted by atomic mass is 9.65. The predicted molar refractivity (Wildman–Crippen MR) is 201 cm³/mol. The number of amides is 3. The number of benzene rings is 2. The Bertz CT molecular complexity index is 1550. The van der Waals surface area contributed by atoms with E-state index in [-0.39, 0.29) is 42.0 Å². The number of rotatable bonds is 16. The van der Waals surface area contributed by atoms with Crippen LogP contribution in [0.15, 0.2) is 79.9 Å². The Hall–Kier alpha value is -3.64. The van der Waals surface area contributed by atoms with E-state index in [1.54, 1.807) is 33.7 Å². The predicted octanol–water partition coefficient (Wildman–Crippen LogP) is 3.89. The van der Waals surface area contributed by atoms with Gasteiger partial charge in [0.25, 0.3) is 0 Å². The molecule has 51 heavy (non-hydrogen) atoms. The Labute approximate surface area is 306 Å². The van der Waals surface area contributed by atoms with Crippen molar-refractivity contribution in [3.8, 4) is 5.75 Å². The van der Waals surface area contributed by atoms with E-state index in [0.29, 0.717) is 63.7 Å². The third kappa shape index (κ3) is 7.10. The molecule has 4 saturated heterocycles. The molecule has 10 nitrogen and oxygen atoms in total. The fourth-order valence-electron chi connectivity index (χ4n) is 8.78. The second-order valence-corrected chi connectivity index (χ2v) is 15.6. The largest absolute Gasteiger partial charge is 0.494 e. The first-order chi connectivity index (χ1) is 24.8. The normalized spacial score (nSPS) is 27.5. The number of anilines is 1. The maximum absolute atomic E-state index is 15.2. The molecule has 4 aliphatic heterocycles. The maximum Gasteiger partial charge on any atom is 0.247 e. The van der Waals surface area contributed by atoms with Gasteiger partial charge in [-0.25, -0.2) is 0 Å². The van der Waals surface area contributed by atoms with Crippen molar-refractivity contribution in [2.24, 2.45) is 17.8 Å². The molecule has 0 aromatic heterocycles. The molecule has 0 aliphatic carbocycles. The van der Waals surface area contributed by atoms with Gasteiger partial charge in [0.1, 0.15) is 11.8 Å². The van der Waals surface area contributed by atoms with Gasteiger partial charge < -0.3 is 29.3 Å². The Balaban J connectivity index is 1.39. The van der Waals surface area contributed by atoms with Crippen LogP contribution in [-0.2, 0) is 25.5 Å². The van der Waals surface area contributed by atoms with Gasteiger partial charge in [-0.3, -0.25) is 19.3 Å². The zero-order valence-corrected chi connectivity index (χ0v) is 30.7. The molecule has 4 fully saturated rings. The van der Waals surface area contributed by atoms with Gasteiger partial charge in [-0.15, -0.1) is 24.9 Å². The fourth-order valence-corrected chi connectivity index (χ4v) is 11.2. The molecule has 2 bridgehead atoms. The minimum Gasteiger partial charge on any atom is -0.494 e. The van der Waals surface area contributed by atoms with Crippen molar-refractivity contribution >= 4 is 35.2 Å². The number of likely N-dealkylation sites (tertiary alicyclic amines) is 1. The van der Waals surface area contributed by atoms with E-state index in [4.69, 9.17) is 9.47 Å². The minimum atomic E-state index is -0.846. The van der Waals surface area contributed by atoms with Crippen LogP contribution in [0.25, 0.3) is 0 Å². The zero-order chi connectivity index (χ0) is 36.1. The highest BCUT2D eigenvalue weighted by Crippen LogP contribution is 2.69. The molecule has 0 saturated carbocycles. The molecule has 3 unspecified atom stereocenters. The van der Waals surface area contributed by atoms with Crippen molar-refractivity contribution in [3.05, 3.63) is 85.5 Å². The van der Waals surface area contributed by atoms with Crippen molar-refractivity contribution in [1.29, 1.82) is 0 Å². The van der Waals surface area contributed by atoms with Gasteiger partial charge in [0.05, 0.1) is 49.1 Å². The Kier molecular flexibility index (Phi) is 11.9. The number of aliphatic hydroxyl groups is 1. The van der Waals surface area contributed by atoms with E-state index < -0.39 is 28.7 Å².